The summed E-state index contributed by atoms with van der Waals surface area (Å²) in [6.07, 6.45) is -2.83. The molecule has 0 aliphatic carbocycles. The summed E-state index contributed by atoms with van der Waals surface area (Å²) in [5.74, 6) is 0.903. The Morgan fingerprint density at radius 3 is 2.66 bits per heavy atom. The summed E-state index contributed by atoms with van der Waals surface area (Å²) < 4.78 is 7.17. The number of nitrogens with zero attached hydrogens (tertiary/aromatic N) is 4. The number of rotatable bonds is 6. The maximum atomic E-state index is 10.4. The predicted molar refractivity (Wildman–Crippen MR) is 117 cm³/mol. The summed E-state index contributed by atoms with van der Waals surface area (Å²) in [6, 6.07) is 14.3. The number of hydrogen-bond acceptors (Lipinski definition) is 9. The second-order valence-electron chi connectivity index (χ2n) is 7.74. The summed E-state index contributed by atoms with van der Waals surface area (Å²) in [4.78, 5) is 13.4. The molecule has 32 heavy (non-hydrogen) atoms. The Bertz CT molecular complexity index is 1260. The van der Waals surface area contributed by atoms with Crippen LogP contribution in [0.3, 0.4) is 0 Å². The Balaban J connectivity index is 1.50. The van der Waals surface area contributed by atoms with Crippen LogP contribution in [-0.4, -0.2) is 59.8 Å². The first kappa shape index (κ1) is 20.7. The summed E-state index contributed by atoms with van der Waals surface area (Å²) in [5.41, 5.74) is 7.82. The number of ether oxygens (including phenoxy) is 1. The molecule has 10 nitrogen and oxygen atoms in total. The van der Waals surface area contributed by atoms with E-state index in [0.29, 0.717) is 29.4 Å². The molecule has 2 aromatic heterocycles. The number of aliphatic hydroxyl groups is 3. The highest BCUT2D eigenvalue weighted by molar-refractivity contribution is 5.87. The fraction of sp³-hybridized carbons (Fsp3) is 0.318. The molecule has 2 aromatic carbocycles. The minimum Gasteiger partial charge on any atom is -0.394 e. The van der Waals surface area contributed by atoms with Gasteiger partial charge in [0.05, 0.1) is 19.5 Å². The Kier molecular flexibility index (Phi) is 5.45. The van der Waals surface area contributed by atoms with Crippen molar-refractivity contribution in [1.82, 2.24) is 19.5 Å². The van der Waals surface area contributed by atoms with Crippen molar-refractivity contribution in [1.29, 1.82) is 0 Å². The van der Waals surface area contributed by atoms with E-state index in [1.165, 1.54) is 10.9 Å². The first-order valence-corrected chi connectivity index (χ1v) is 10.4. The first-order chi connectivity index (χ1) is 15.6. The van der Waals surface area contributed by atoms with Gasteiger partial charge in [0.1, 0.15) is 24.1 Å². The molecule has 0 saturated carbocycles. The molecule has 3 heterocycles. The lowest BCUT2D eigenvalue weighted by Crippen LogP contribution is -2.33. The van der Waals surface area contributed by atoms with Crippen LogP contribution in [-0.2, 0) is 17.8 Å². The Labute approximate surface area is 183 Å². The Morgan fingerprint density at radius 1 is 1.06 bits per heavy atom. The van der Waals surface area contributed by atoms with Crippen molar-refractivity contribution in [2.45, 2.75) is 37.6 Å². The number of benzene rings is 2. The molecule has 0 amide bonds. The molecule has 0 radical (unpaired) electrons. The van der Waals surface area contributed by atoms with E-state index >= 15 is 0 Å². The van der Waals surface area contributed by atoms with E-state index in [9.17, 15) is 15.3 Å². The monoisotopic (exact) mass is 436 g/mol. The van der Waals surface area contributed by atoms with E-state index in [2.05, 4.69) is 44.5 Å². The molecule has 6 N–H and O–H groups in total. The maximum Gasteiger partial charge on any atom is 0.168 e. The topological polar surface area (TPSA) is 152 Å². The number of fused-ring (bicyclic) bond motifs is 2. The van der Waals surface area contributed by atoms with Crippen molar-refractivity contribution in [2.24, 2.45) is 5.73 Å². The first-order valence-electron chi connectivity index (χ1n) is 10.4. The molecule has 5 rings (SSSR count). The summed E-state index contributed by atoms with van der Waals surface area (Å²) in [5, 5.41) is 35.6. The third kappa shape index (κ3) is 3.48. The van der Waals surface area contributed by atoms with Gasteiger partial charge in [0.2, 0.25) is 0 Å². The summed E-state index contributed by atoms with van der Waals surface area (Å²) >= 11 is 0. The number of aromatic nitrogens is 4. The molecule has 1 aliphatic heterocycles. The average molecular weight is 436 g/mol. The van der Waals surface area contributed by atoms with E-state index < -0.39 is 31.1 Å². The molecule has 0 spiro atoms. The van der Waals surface area contributed by atoms with Gasteiger partial charge in [0.15, 0.2) is 23.2 Å². The molecule has 1 saturated heterocycles. The Hall–Kier alpha value is -3.15. The van der Waals surface area contributed by atoms with E-state index in [0.717, 1.165) is 16.3 Å². The highest BCUT2D eigenvalue weighted by Gasteiger charge is 2.44. The lowest BCUT2D eigenvalue weighted by Gasteiger charge is -2.17. The summed E-state index contributed by atoms with van der Waals surface area (Å²) in [7, 11) is 0. The van der Waals surface area contributed by atoms with Gasteiger partial charge in [0.25, 0.3) is 0 Å². The van der Waals surface area contributed by atoms with Crippen molar-refractivity contribution in [3.05, 3.63) is 60.2 Å². The molecule has 1 aliphatic rings. The van der Waals surface area contributed by atoms with Crippen LogP contribution < -0.4 is 11.1 Å². The van der Waals surface area contributed by atoms with Crippen LogP contribution in [0.4, 0.5) is 5.82 Å². The number of nitrogens with two attached hydrogens (primary N) is 1. The fourth-order valence-electron chi connectivity index (χ4n) is 4.10. The van der Waals surface area contributed by atoms with Crippen LogP contribution in [0.1, 0.15) is 17.6 Å². The van der Waals surface area contributed by atoms with Crippen LogP contribution in [0.25, 0.3) is 21.9 Å². The number of aliphatic hydroxyl groups excluding tert-OH is 3. The lowest BCUT2D eigenvalue weighted by atomic mass is 10.0. The highest BCUT2D eigenvalue weighted by atomic mass is 16.6. The van der Waals surface area contributed by atoms with Crippen LogP contribution >= 0.6 is 0 Å². The molecule has 166 valence electrons. The van der Waals surface area contributed by atoms with E-state index in [4.69, 9.17) is 10.5 Å². The van der Waals surface area contributed by atoms with Gasteiger partial charge < -0.3 is 31.1 Å². The molecule has 1 fully saturated rings. The molecule has 4 aromatic rings. The van der Waals surface area contributed by atoms with Gasteiger partial charge in [-0.2, -0.15) is 0 Å². The zero-order valence-corrected chi connectivity index (χ0v) is 17.2. The van der Waals surface area contributed by atoms with Crippen molar-refractivity contribution in [3.63, 3.8) is 0 Å². The molecular weight excluding hydrogens is 412 g/mol. The third-order valence-electron chi connectivity index (χ3n) is 5.77. The second kappa shape index (κ2) is 8.41. The zero-order valence-electron chi connectivity index (χ0n) is 17.2. The standard InChI is InChI=1S/C22H24N6O4/c23-8-16-26-20(24-9-13-6-3-5-12-4-1-2-7-14(12)13)17-21(27-16)28(11-25-17)22-19(31)18(30)15(10-29)32-22/h1-7,11,15,18-19,22,29-31H,8-10,23H2,(H,24,26,27)/t15-,18-,19-,22-/m1/s1. The van der Waals surface area contributed by atoms with E-state index in [-0.39, 0.29) is 6.54 Å². The van der Waals surface area contributed by atoms with Crippen molar-refractivity contribution in [2.75, 3.05) is 11.9 Å². The number of anilines is 1. The molecule has 0 bridgehead atoms. The zero-order chi connectivity index (χ0) is 22.2. The predicted octanol–water partition coefficient (Wildman–Crippen LogP) is 0.662. The van der Waals surface area contributed by atoms with E-state index in [1.54, 1.807) is 0 Å². The van der Waals surface area contributed by atoms with Gasteiger partial charge >= 0.3 is 0 Å². The van der Waals surface area contributed by atoms with Crippen LogP contribution in [0, 0.1) is 0 Å². The SMILES string of the molecule is NCc1nc(NCc2cccc3ccccc23)c2ncn([C@@H]3O[C@H](CO)[C@@H](O)[C@H]3O)c2n1. The average Bonchev–Trinajstić information content (AvgIpc) is 3.37. The minimum atomic E-state index is -1.24. The highest BCUT2D eigenvalue weighted by Crippen LogP contribution is 2.32. The van der Waals surface area contributed by atoms with Crippen LogP contribution in [0.5, 0.6) is 0 Å². The molecule has 0 unspecified atom stereocenters. The smallest absolute Gasteiger partial charge is 0.168 e. The Morgan fingerprint density at radius 2 is 1.88 bits per heavy atom. The molecule has 4 atom stereocenters. The largest absolute Gasteiger partial charge is 0.394 e. The van der Waals surface area contributed by atoms with Crippen molar-refractivity contribution >= 4 is 27.8 Å². The van der Waals surface area contributed by atoms with Gasteiger partial charge in [-0.25, -0.2) is 15.0 Å². The summed E-state index contributed by atoms with van der Waals surface area (Å²) in [6.45, 7) is 0.209. The van der Waals surface area contributed by atoms with E-state index in [1.807, 2.05) is 18.2 Å². The van der Waals surface area contributed by atoms with Gasteiger partial charge in [-0.15, -0.1) is 0 Å². The minimum absolute atomic E-state index is 0.111. The number of imidazole rings is 1. The fourth-order valence-corrected chi connectivity index (χ4v) is 4.10. The number of nitrogens with one attached hydrogen (secondary N) is 1. The number of hydrogen-bond donors (Lipinski definition) is 5. The van der Waals surface area contributed by atoms with Crippen molar-refractivity contribution in [3.8, 4) is 0 Å². The van der Waals surface area contributed by atoms with Gasteiger partial charge in [0, 0.05) is 6.54 Å². The third-order valence-corrected chi connectivity index (χ3v) is 5.77. The van der Waals surface area contributed by atoms with Crippen molar-refractivity contribution < 1.29 is 20.1 Å². The molecule has 10 heteroatoms. The normalized spacial score (nSPS) is 23.2. The van der Waals surface area contributed by atoms with Gasteiger partial charge in [-0.05, 0) is 16.3 Å². The molecular formula is C22H24N6O4. The van der Waals surface area contributed by atoms with Gasteiger partial charge in [-0.1, -0.05) is 42.5 Å². The second-order valence-corrected chi connectivity index (χ2v) is 7.74. The van der Waals surface area contributed by atoms with Crippen LogP contribution in [0.2, 0.25) is 0 Å². The maximum absolute atomic E-state index is 10.4. The van der Waals surface area contributed by atoms with Crippen LogP contribution in [0.15, 0.2) is 48.8 Å². The quantitative estimate of drug-likeness (QED) is 0.293. The lowest BCUT2D eigenvalue weighted by molar-refractivity contribution is -0.0511. The van der Waals surface area contributed by atoms with Gasteiger partial charge in [-0.3, -0.25) is 4.57 Å².